The first kappa shape index (κ1) is 13.2. The van der Waals surface area contributed by atoms with E-state index < -0.39 is 15.8 Å². The molecule has 0 aliphatic heterocycles. The highest BCUT2D eigenvalue weighted by molar-refractivity contribution is 7.89. The van der Waals surface area contributed by atoms with E-state index in [4.69, 9.17) is 17.3 Å². The second-order valence-electron chi connectivity index (χ2n) is 3.22. The van der Waals surface area contributed by atoms with Crippen LogP contribution in [0.15, 0.2) is 17.0 Å². The zero-order chi connectivity index (χ0) is 12.5. The summed E-state index contributed by atoms with van der Waals surface area (Å²) in [5.41, 5.74) is 5.07. The van der Waals surface area contributed by atoms with Crippen LogP contribution in [0, 0.1) is 5.82 Å². The molecule has 1 rings (SSSR count). The molecular weight excluding hydrogens is 255 g/mol. The van der Waals surface area contributed by atoms with Gasteiger partial charge in [-0.1, -0.05) is 18.5 Å². The fourth-order valence-corrected chi connectivity index (χ4v) is 2.78. The zero-order valence-electron chi connectivity index (χ0n) is 8.87. The summed E-state index contributed by atoms with van der Waals surface area (Å²) in [6, 6.07) is 1.92. The zero-order valence-corrected chi connectivity index (χ0v) is 10.4. The number of anilines is 1. The van der Waals surface area contributed by atoms with Gasteiger partial charge < -0.3 is 5.73 Å². The maximum atomic E-state index is 13.0. The van der Waals surface area contributed by atoms with Crippen molar-refractivity contribution in [2.75, 3.05) is 19.3 Å². The summed E-state index contributed by atoms with van der Waals surface area (Å²) in [5, 5.41) is -0.174. The molecule has 0 saturated carbocycles. The Kier molecular flexibility index (Phi) is 3.77. The van der Waals surface area contributed by atoms with Crippen molar-refractivity contribution in [3.05, 3.63) is 23.0 Å². The monoisotopic (exact) mass is 266 g/mol. The van der Waals surface area contributed by atoms with E-state index in [1.165, 1.54) is 7.05 Å². The Bertz CT molecular complexity index is 504. The number of halogens is 2. The average molecular weight is 267 g/mol. The van der Waals surface area contributed by atoms with E-state index >= 15 is 0 Å². The van der Waals surface area contributed by atoms with Gasteiger partial charge in [0.15, 0.2) is 0 Å². The quantitative estimate of drug-likeness (QED) is 0.847. The molecule has 0 radical (unpaired) electrons. The van der Waals surface area contributed by atoms with Gasteiger partial charge in [-0.3, -0.25) is 0 Å². The second kappa shape index (κ2) is 4.57. The van der Waals surface area contributed by atoms with Crippen molar-refractivity contribution in [2.24, 2.45) is 0 Å². The molecule has 0 fully saturated rings. The van der Waals surface area contributed by atoms with Crippen molar-refractivity contribution < 1.29 is 12.8 Å². The molecule has 0 aromatic heterocycles. The second-order valence-corrected chi connectivity index (χ2v) is 5.64. The lowest BCUT2D eigenvalue weighted by Gasteiger charge is -2.16. The standard InChI is InChI=1S/C9H12ClFN2O2S/c1-3-13(2)16(14,15)9-5-8(12)7(11)4-6(9)10/h4-5H,3,12H2,1-2H3. The Morgan fingerprint density at radius 1 is 1.50 bits per heavy atom. The Balaban J connectivity index is 3.40. The predicted molar refractivity (Wildman–Crippen MR) is 61.3 cm³/mol. The molecule has 0 unspecified atom stereocenters. The lowest BCUT2D eigenvalue weighted by atomic mass is 10.3. The van der Waals surface area contributed by atoms with E-state index in [-0.39, 0.29) is 22.2 Å². The normalized spacial score (nSPS) is 12.1. The molecular formula is C9H12ClFN2O2S. The molecule has 0 amide bonds. The fourth-order valence-electron chi connectivity index (χ4n) is 1.08. The van der Waals surface area contributed by atoms with Crippen LogP contribution in [0.4, 0.5) is 10.1 Å². The molecule has 1 aromatic carbocycles. The molecule has 1 aromatic rings. The number of nitrogens with two attached hydrogens (primary N) is 1. The number of benzene rings is 1. The molecule has 0 spiro atoms. The van der Waals surface area contributed by atoms with Crippen molar-refractivity contribution in [2.45, 2.75) is 11.8 Å². The van der Waals surface area contributed by atoms with Crippen molar-refractivity contribution in [3.8, 4) is 0 Å². The van der Waals surface area contributed by atoms with E-state index in [0.717, 1.165) is 16.4 Å². The molecule has 0 aliphatic rings. The third-order valence-corrected chi connectivity index (χ3v) is 4.58. The molecule has 90 valence electrons. The van der Waals surface area contributed by atoms with Gasteiger partial charge in [0.05, 0.1) is 10.7 Å². The largest absolute Gasteiger partial charge is 0.396 e. The molecule has 0 atom stereocenters. The third-order valence-electron chi connectivity index (χ3n) is 2.18. The third kappa shape index (κ3) is 2.28. The molecule has 0 heterocycles. The van der Waals surface area contributed by atoms with Gasteiger partial charge in [-0.2, -0.15) is 0 Å². The van der Waals surface area contributed by atoms with Crippen molar-refractivity contribution >= 4 is 27.3 Å². The minimum atomic E-state index is -3.70. The first-order chi connectivity index (χ1) is 7.30. The van der Waals surface area contributed by atoms with Gasteiger partial charge in [-0.05, 0) is 12.1 Å². The topological polar surface area (TPSA) is 63.4 Å². The minimum Gasteiger partial charge on any atom is -0.396 e. The van der Waals surface area contributed by atoms with Crippen LogP contribution in [-0.4, -0.2) is 26.3 Å². The van der Waals surface area contributed by atoms with Gasteiger partial charge in [0.1, 0.15) is 10.7 Å². The van der Waals surface area contributed by atoms with Crippen LogP contribution in [0.2, 0.25) is 5.02 Å². The molecule has 2 N–H and O–H groups in total. The van der Waals surface area contributed by atoms with Crippen molar-refractivity contribution in [1.29, 1.82) is 0 Å². The van der Waals surface area contributed by atoms with Crippen molar-refractivity contribution in [3.63, 3.8) is 0 Å². The van der Waals surface area contributed by atoms with E-state index in [0.29, 0.717) is 0 Å². The van der Waals surface area contributed by atoms with Gasteiger partial charge in [0.2, 0.25) is 10.0 Å². The van der Waals surface area contributed by atoms with Gasteiger partial charge in [0.25, 0.3) is 0 Å². The highest BCUT2D eigenvalue weighted by atomic mass is 35.5. The van der Waals surface area contributed by atoms with Gasteiger partial charge in [0, 0.05) is 13.6 Å². The Hall–Kier alpha value is -0.850. The summed E-state index contributed by atoms with van der Waals surface area (Å²) < 4.78 is 37.9. The number of nitrogen functional groups attached to an aromatic ring is 1. The minimum absolute atomic E-state index is 0.174. The maximum absolute atomic E-state index is 13.0. The summed E-state index contributed by atoms with van der Waals surface area (Å²) >= 11 is 5.69. The van der Waals surface area contributed by atoms with Gasteiger partial charge in [-0.25, -0.2) is 17.1 Å². The van der Waals surface area contributed by atoms with Crippen LogP contribution < -0.4 is 5.73 Å². The fraction of sp³-hybridized carbons (Fsp3) is 0.333. The smallest absolute Gasteiger partial charge is 0.244 e. The Labute approximate surface area is 98.9 Å². The highest BCUT2D eigenvalue weighted by Crippen LogP contribution is 2.28. The Morgan fingerprint density at radius 3 is 2.56 bits per heavy atom. The highest BCUT2D eigenvalue weighted by Gasteiger charge is 2.23. The first-order valence-corrected chi connectivity index (χ1v) is 6.33. The lowest BCUT2D eigenvalue weighted by Crippen LogP contribution is -2.27. The molecule has 0 saturated heterocycles. The maximum Gasteiger partial charge on any atom is 0.244 e. The molecule has 16 heavy (non-hydrogen) atoms. The summed E-state index contributed by atoms with van der Waals surface area (Å²) in [6.07, 6.45) is 0. The number of sulfonamides is 1. The van der Waals surface area contributed by atoms with Crippen LogP contribution >= 0.6 is 11.6 Å². The van der Waals surface area contributed by atoms with Crippen LogP contribution in [0.1, 0.15) is 6.92 Å². The lowest BCUT2D eigenvalue weighted by molar-refractivity contribution is 0.486. The molecule has 0 aliphatic carbocycles. The summed E-state index contributed by atoms with van der Waals surface area (Å²) in [7, 11) is -2.30. The number of nitrogens with zero attached hydrogens (tertiary/aromatic N) is 1. The van der Waals surface area contributed by atoms with Crippen LogP contribution in [0.3, 0.4) is 0 Å². The summed E-state index contributed by atoms with van der Waals surface area (Å²) in [4.78, 5) is -0.183. The van der Waals surface area contributed by atoms with E-state index in [1.807, 2.05) is 0 Å². The molecule has 4 nitrogen and oxygen atoms in total. The summed E-state index contributed by atoms with van der Waals surface area (Å²) in [5.74, 6) is -0.733. The average Bonchev–Trinajstić information content (AvgIpc) is 2.21. The van der Waals surface area contributed by atoms with Gasteiger partial charge >= 0.3 is 0 Å². The summed E-state index contributed by atoms with van der Waals surface area (Å²) in [6.45, 7) is 1.97. The van der Waals surface area contributed by atoms with Crippen molar-refractivity contribution in [1.82, 2.24) is 4.31 Å². The number of hydrogen-bond acceptors (Lipinski definition) is 3. The number of hydrogen-bond donors (Lipinski definition) is 1. The van der Waals surface area contributed by atoms with Gasteiger partial charge in [-0.15, -0.1) is 0 Å². The molecule has 0 bridgehead atoms. The predicted octanol–water partition coefficient (Wildman–Crippen LogP) is 1.70. The number of rotatable bonds is 3. The van der Waals surface area contributed by atoms with Crippen LogP contribution in [0.25, 0.3) is 0 Å². The van der Waals surface area contributed by atoms with E-state index in [9.17, 15) is 12.8 Å². The Morgan fingerprint density at radius 2 is 2.06 bits per heavy atom. The van der Waals surface area contributed by atoms with E-state index in [2.05, 4.69) is 0 Å². The SMILES string of the molecule is CCN(C)S(=O)(=O)c1cc(N)c(F)cc1Cl. The van der Waals surface area contributed by atoms with Crippen LogP contribution in [0.5, 0.6) is 0 Å². The van der Waals surface area contributed by atoms with Crippen LogP contribution in [-0.2, 0) is 10.0 Å². The molecule has 7 heteroatoms. The first-order valence-electron chi connectivity index (χ1n) is 4.51. The van der Waals surface area contributed by atoms with E-state index in [1.54, 1.807) is 6.92 Å².